The molecule has 140 valence electrons. The van der Waals surface area contributed by atoms with Crippen LogP contribution in [0.15, 0.2) is 10.9 Å². The first-order valence-electron chi connectivity index (χ1n) is 9.37. The average molecular weight is 376 g/mol. The largest absolute Gasteiger partial charge is 0.349 e. The molecule has 0 saturated carbocycles. The maximum absolute atomic E-state index is 12.6. The molecule has 0 spiro atoms. The SMILES string of the molecule is O=C(NCCN1CCCC1)c1cc(=O)nc2sc(N3CCCCC3)nn12. The van der Waals surface area contributed by atoms with E-state index in [0.717, 1.165) is 50.7 Å². The van der Waals surface area contributed by atoms with Crippen LogP contribution in [-0.2, 0) is 0 Å². The van der Waals surface area contributed by atoms with Crippen LogP contribution in [0.25, 0.3) is 4.96 Å². The van der Waals surface area contributed by atoms with E-state index < -0.39 is 5.56 Å². The van der Waals surface area contributed by atoms with Crippen LogP contribution in [0.1, 0.15) is 42.6 Å². The van der Waals surface area contributed by atoms with Crippen LogP contribution in [0.5, 0.6) is 0 Å². The number of amides is 1. The zero-order valence-corrected chi connectivity index (χ0v) is 15.6. The molecule has 26 heavy (non-hydrogen) atoms. The van der Waals surface area contributed by atoms with Gasteiger partial charge in [0.05, 0.1) is 0 Å². The molecule has 0 bridgehead atoms. The van der Waals surface area contributed by atoms with E-state index in [1.54, 1.807) is 0 Å². The van der Waals surface area contributed by atoms with Crippen LogP contribution >= 0.6 is 11.3 Å². The van der Waals surface area contributed by atoms with Crippen molar-refractivity contribution in [1.82, 2.24) is 24.8 Å². The molecule has 0 aliphatic carbocycles. The minimum atomic E-state index is -0.400. The highest BCUT2D eigenvalue weighted by atomic mass is 32.1. The number of anilines is 1. The Morgan fingerprint density at radius 1 is 1.12 bits per heavy atom. The Morgan fingerprint density at radius 3 is 2.62 bits per heavy atom. The number of hydrogen-bond acceptors (Lipinski definition) is 7. The summed E-state index contributed by atoms with van der Waals surface area (Å²) >= 11 is 1.37. The van der Waals surface area contributed by atoms with E-state index in [-0.39, 0.29) is 11.6 Å². The van der Waals surface area contributed by atoms with E-state index in [1.807, 2.05) is 0 Å². The lowest BCUT2D eigenvalue weighted by molar-refractivity contribution is 0.0942. The van der Waals surface area contributed by atoms with Gasteiger partial charge in [-0.15, -0.1) is 5.10 Å². The fourth-order valence-electron chi connectivity index (χ4n) is 3.60. The minimum Gasteiger partial charge on any atom is -0.349 e. The van der Waals surface area contributed by atoms with Gasteiger partial charge in [-0.2, -0.15) is 9.50 Å². The van der Waals surface area contributed by atoms with E-state index in [0.29, 0.717) is 11.5 Å². The van der Waals surface area contributed by atoms with Gasteiger partial charge in [0.25, 0.3) is 11.5 Å². The first kappa shape index (κ1) is 17.4. The molecule has 0 unspecified atom stereocenters. The lowest BCUT2D eigenvalue weighted by Gasteiger charge is -2.25. The molecule has 2 aliphatic heterocycles. The number of likely N-dealkylation sites (tertiary alicyclic amines) is 1. The van der Waals surface area contributed by atoms with Gasteiger partial charge in [-0.05, 0) is 45.2 Å². The van der Waals surface area contributed by atoms with Gasteiger partial charge in [-0.1, -0.05) is 11.3 Å². The van der Waals surface area contributed by atoms with Crippen LogP contribution in [0.3, 0.4) is 0 Å². The number of nitrogens with one attached hydrogen (secondary N) is 1. The fourth-order valence-corrected chi connectivity index (χ4v) is 4.56. The Morgan fingerprint density at radius 2 is 1.85 bits per heavy atom. The predicted octanol–water partition coefficient (Wildman–Crippen LogP) is 0.967. The van der Waals surface area contributed by atoms with E-state index >= 15 is 0 Å². The molecular formula is C17H24N6O2S. The standard InChI is InChI=1S/C17H24N6O2S/c24-14-12-13(15(25)18-6-11-21-7-4-5-8-21)23-16(19-14)26-17(20-23)22-9-2-1-3-10-22/h12H,1-11H2,(H,18,25). The smallest absolute Gasteiger partial charge is 0.274 e. The second-order valence-electron chi connectivity index (χ2n) is 6.91. The number of nitrogens with zero attached hydrogens (tertiary/aromatic N) is 5. The summed E-state index contributed by atoms with van der Waals surface area (Å²) in [6.45, 7) is 5.52. The van der Waals surface area contributed by atoms with E-state index in [9.17, 15) is 9.59 Å². The molecule has 0 aromatic carbocycles. The summed E-state index contributed by atoms with van der Waals surface area (Å²) in [4.78, 5) is 33.6. The Kier molecular flexibility index (Phi) is 5.16. The van der Waals surface area contributed by atoms with Crippen molar-refractivity contribution in [3.63, 3.8) is 0 Å². The Labute approximate surface area is 155 Å². The van der Waals surface area contributed by atoms with Crippen molar-refractivity contribution in [3.8, 4) is 0 Å². The first-order valence-corrected chi connectivity index (χ1v) is 10.2. The molecule has 2 aromatic rings. The van der Waals surface area contributed by atoms with Crippen LogP contribution < -0.4 is 15.8 Å². The number of rotatable bonds is 5. The maximum Gasteiger partial charge on any atom is 0.274 e. The minimum absolute atomic E-state index is 0.265. The Balaban J connectivity index is 1.52. The molecule has 9 heteroatoms. The van der Waals surface area contributed by atoms with Gasteiger partial charge in [0.2, 0.25) is 10.1 Å². The molecule has 8 nitrogen and oxygen atoms in total. The summed E-state index contributed by atoms with van der Waals surface area (Å²) in [5.41, 5.74) is -0.135. The predicted molar refractivity (Wildman–Crippen MR) is 101 cm³/mol. The summed E-state index contributed by atoms with van der Waals surface area (Å²) in [6.07, 6.45) is 5.98. The summed E-state index contributed by atoms with van der Waals surface area (Å²) in [6, 6.07) is 1.28. The van der Waals surface area contributed by atoms with Crippen molar-refractivity contribution >= 4 is 27.3 Å². The number of hydrogen-bond donors (Lipinski definition) is 1. The molecule has 0 radical (unpaired) electrons. The molecule has 2 aliphatic rings. The highest BCUT2D eigenvalue weighted by Gasteiger charge is 2.20. The molecule has 2 saturated heterocycles. The highest BCUT2D eigenvalue weighted by molar-refractivity contribution is 7.20. The van der Waals surface area contributed by atoms with E-state index in [4.69, 9.17) is 0 Å². The van der Waals surface area contributed by atoms with Gasteiger partial charge in [0.1, 0.15) is 5.69 Å². The van der Waals surface area contributed by atoms with Crippen molar-refractivity contribution in [2.24, 2.45) is 0 Å². The van der Waals surface area contributed by atoms with Gasteiger partial charge in [0.15, 0.2) is 0 Å². The van der Waals surface area contributed by atoms with E-state index in [1.165, 1.54) is 41.2 Å². The third-order valence-electron chi connectivity index (χ3n) is 5.02. The van der Waals surface area contributed by atoms with Crippen molar-refractivity contribution < 1.29 is 4.79 Å². The van der Waals surface area contributed by atoms with Crippen molar-refractivity contribution in [3.05, 3.63) is 22.1 Å². The maximum atomic E-state index is 12.6. The Bertz CT molecular complexity index is 835. The first-order chi connectivity index (χ1) is 12.7. The van der Waals surface area contributed by atoms with Crippen molar-refractivity contribution in [2.45, 2.75) is 32.1 Å². The fraction of sp³-hybridized carbons (Fsp3) is 0.647. The number of carbonyl (C=O) groups is 1. The lowest BCUT2D eigenvalue weighted by Crippen LogP contribution is -2.35. The van der Waals surface area contributed by atoms with Crippen LogP contribution in [-0.4, -0.2) is 64.7 Å². The second-order valence-corrected chi connectivity index (χ2v) is 7.85. The van der Waals surface area contributed by atoms with Crippen LogP contribution in [0, 0.1) is 0 Å². The highest BCUT2D eigenvalue weighted by Crippen LogP contribution is 2.25. The lowest BCUT2D eigenvalue weighted by atomic mass is 10.1. The average Bonchev–Trinajstić information content (AvgIpc) is 3.31. The van der Waals surface area contributed by atoms with Gasteiger partial charge < -0.3 is 15.1 Å². The van der Waals surface area contributed by atoms with Crippen molar-refractivity contribution in [2.75, 3.05) is 44.2 Å². The molecule has 4 rings (SSSR count). The zero-order valence-electron chi connectivity index (χ0n) is 14.8. The summed E-state index contributed by atoms with van der Waals surface area (Å²) in [7, 11) is 0. The normalized spacial score (nSPS) is 18.5. The van der Waals surface area contributed by atoms with Crippen LogP contribution in [0.4, 0.5) is 5.13 Å². The topological polar surface area (TPSA) is 82.8 Å². The summed E-state index contributed by atoms with van der Waals surface area (Å²) in [5, 5.41) is 8.32. The molecule has 2 aromatic heterocycles. The van der Waals surface area contributed by atoms with Gasteiger partial charge >= 0.3 is 0 Å². The third-order valence-corrected chi connectivity index (χ3v) is 5.98. The third kappa shape index (κ3) is 3.73. The molecule has 1 N–H and O–H groups in total. The molecule has 2 fully saturated rings. The molecular weight excluding hydrogens is 352 g/mol. The van der Waals surface area contributed by atoms with E-state index in [2.05, 4.69) is 25.2 Å². The number of carbonyl (C=O) groups excluding carboxylic acids is 1. The molecule has 1 amide bonds. The van der Waals surface area contributed by atoms with Gasteiger partial charge in [-0.3, -0.25) is 9.59 Å². The number of piperidine rings is 1. The summed E-state index contributed by atoms with van der Waals surface area (Å²) in [5.74, 6) is -0.269. The quantitative estimate of drug-likeness (QED) is 0.837. The number of aromatic nitrogens is 3. The zero-order chi connectivity index (χ0) is 17.9. The number of fused-ring (bicyclic) bond motifs is 1. The second kappa shape index (κ2) is 7.71. The molecule has 4 heterocycles. The van der Waals surface area contributed by atoms with Crippen molar-refractivity contribution in [1.29, 1.82) is 0 Å². The van der Waals surface area contributed by atoms with Gasteiger partial charge in [-0.25, -0.2) is 0 Å². The summed E-state index contributed by atoms with van der Waals surface area (Å²) < 4.78 is 1.52. The Hall–Kier alpha value is -2.00. The van der Waals surface area contributed by atoms with Gasteiger partial charge in [0, 0.05) is 32.2 Å². The monoisotopic (exact) mass is 376 g/mol. The molecule has 0 atom stereocenters. The van der Waals surface area contributed by atoms with Crippen LogP contribution in [0.2, 0.25) is 0 Å².